The highest BCUT2D eigenvalue weighted by molar-refractivity contribution is 14.2. The topological polar surface area (TPSA) is 43.4 Å². The first-order chi connectivity index (χ1) is 5.49. The second kappa shape index (κ2) is 4.09. The van der Waals surface area contributed by atoms with Gasteiger partial charge in [-0.25, -0.2) is 0 Å². The molecule has 0 spiro atoms. The molecule has 0 aliphatic rings. The predicted octanol–water partition coefficient (Wildman–Crippen LogP) is 2.35. The highest BCUT2D eigenvalue weighted by Crippen LogP contribution is 2.22. The van der Waals surface area contributed by atoms with Gasteiger partial charge >= 0.3 is 7.29 Å². The smallest absolute Gasteiger partial charge is 0.364 e. The Bertz CT molecular complexity index is 374. The largest absolute Gasteiger partial charge is 0.374 e. The van der Waals surface area contributed by atoms with Crippen LogP contribution in [0.4, 0.5) is 0 Å². The van der Waals surface area contributed by atoms with E-state index in [1.807, 2.05) is 28.7 Å². The minimum absolute atomic E-state index is 0.368. The number of hydrogen-bond donors (Lipinski definition) is 0. The Kier molecular flexibility index (Phi) is 3.58. The number of halogens is 2. The van der Waals surface area contributed by atoms with E-state index >= 15 is 0 Å². The quantitative estimate of drug-likeness (QED) is 0.556. The molecule has 0 aliphatic carbocycles. The fourth-order valence-corrected chi connectivity index (χ4v) is 2.21. The predicted molar refractivity (Wildman–Crippen MR) is 62.7 cm³/mol. The Hall–Kier alpha value is 0.430. The van der Waals surface area contributed by atoms with Gasteiger partial charge in [-0.2, -0.15) is 8.42 Å². The Morgan fingerprint density at radius 1 is 1.25 bits per heavy atom. The van der Waals surface area contributed by atoms with Crippen LogP contribution in [0.25, 0.3) is 0 Å². The van der Waals surface area contributed by atoms with Crippen LogP contribution < -0.4 is 4.18 Å². The molecule has 0 aromatic heterocycles. The molecule has 1 rings (SSSR count). The molecule has 1 aromatic rings. The van der Waals surface area contributed by atoms with Crippen molar-refractivity contribution in [1.29, 1.82) is 0 Å². The lowest BCUT2D eigenvalue weighted by Crippen LogP contribution is -2.00. The average molecular weight is 410 g/mol. The van der Waals surface area contributed by atoms with Gasteiger partial charge in [-0.15, -0.1) is 0 Å². The molecule has 1 aromatic carbocycles. The lowest BCUT2D eigenvalue weighted by atomic mass is 10.3. The number of benzene rings is 1. The maximum absolute atomic E-state index is 10.7. The molecular formula is C6H4I2O3S. The van der Waals surface area contributed by atoms with Gasteiger partial charge in [-0.1, -0.05) is 12.1 Å². The highest BCUT2D eigenvalue weighted by atomic mass is 127. The second-order valence-corrected chi connectivity index (χ2v) is 7.26. The van der Waals surface area contributed by atoms with Crippen LogP contribution in [-0.4, -0.2) is 8.42 Å². The third kappa shape index (κ3) is 3.44. The van der Waals surface area contributed by atoms with Crippen molar-refractivity contribution in [2.75, 3.05) is 0 Å². The summed E-state index contributed by atoms with van der Waals surface area (Å²) in [6.07, 6.45) is 0. The van der Waals surface area contributed by atoms with Crippen LogP contribution in [0.5, 0.6) is 5.75 Å². The van der Waals surface area contributed by atoms with E-state index in [1.54, 1.807) is 18.2 Å². The lowest BCUT2D eigenvalue weighted by Gasteiger charge is -2.02. The van der Waals surface area contributed by atoms with Crippen LogP contribution in [0.3, 0.4) is 0 Å². The normalized spacial score (nSPS) is 11.2. The van der Waals surface area contributed by atoms with Crippen molar-refractivity contribution in [3.8, 4) is 5.75 Å². The summed E-state index contributed by atoms with van der Waals surface area (Å²) >= 11 is 3.25. The third-order valence-electron chi connectivity index (χ3n) is 1.03. The van der Waals surface area contributed by atoms with Crippen LogP contribution in [0.2, 0.25) is 0 Å². The van der Waals surface area contributed by atoms with Crippen LogP contribution in [0, 0.1) is 3.57 Å². The molecule has 0 bridgehead atoms. The van der Waals surface area contributed by atoms with E-state index in [2.05, 4.69) is 4.18 Å². The van der Waals surface area contributed by atoms with E-state index in [0.29, 0.717) is 5.75 Å². The van der Waals surface area contributed by atoms with Crippen LogP contribution in [-0.2, 0) is 7.29 Å². The monoisotopic (exact) mass is 410 g/mol. The zero-order chi connectivity index (χ0) is 9.19. The summed E-state index contributed by atoms with van der Waals surface area (Å²) in [6, 6.07) is 6.92. The Balaban J connectivity index is 2.98. The number of para-hydroxylation sites is 1. The molecule has 0 saturated carbocycles. The Labute approximate surface area is 96.4 Å². The molecular weight excluding hydrogens is 406 g/mol. The molecule has 0 N–H and O–H groups in total. The van der Waals surface area contributed by atoms with Crippen molar-refractivity contribution >= 4 is 51.1 Å². The molecule has 0 heterocycles. The van der Waals surface area contributed by atoms with Gasteiger partial charge in [0, 0.05) is 0 Å². The molecule has 0 fully saturated rings. The zero-order valence-electron chi connectivity index (χ0n) is 5.70. The summed E-state index contributed by atoms with van der Waals surface area (Å²) in [4.78, 5) is 0. The first-order valence-electron chi connectivity index (χ1n) is 2.87. The van der Waals surface area contributed by atoms with Gasteiger partial charge in [-0.3, -0.25) is 0 Å². The SMILES string of the molecule is O=S(=O)(I)Oc1ccccc1I. The molecule has 0 radical (unpaired) electrons. The molecule has 0 saturated heterocycles. The summed E-state index contributed by atoms with van der Waals surface area (Å²) in [5.41, 5.74) is 0. The van der Waals surface area contributed by atoms with E-state index in [4.69, 9.17) is 0 Å². The van der Waals surface area contributed by atoms with Gasteiger partial charge in [0.15, 0.2) is 5.75 Å². The molecule has 0 aliphatic heterocycles. The van der Waals surface area contributed by atoms with Crippen molar-refractivity contribution in [3.05, 3.63) is 27.8 Å². The Morgan fingerprint density at radius 2 is 1.83 bits per heavy atom. The first-order valence-corrected chi connectivity index (χ1v) is 7.90. The summed E-state index contributed by atoms with van der Waals surface area (Å²) < 4.78 is 26.9. The van der Waals surface area contributed by atoms with Crippen molar-refractivity contribution in [1.82, 2.24) is 0 Å². The maximum atomic E-state index is 10.7. The van der Waals surface area contributed by atoms with Crippen molar-refractivity contribution in [3.63, 3.8) is 0 Å². The number of rotatable bonds is 2. The van der Waals surface area contributed by atoms with Crippen LogP contribution in [0.1, 0.15) is 0 Å². The molecule has 3 nitrogen and oxygen atoms in total. The standard InChI is InChI=1S/C6H4I2O3S/c7-5-3-1-2-4-6(5)11-12(8,9)10/h1-4H. The molecule has 0 unspecified atom stereocenters. The molecule has 66 valence electrons. The van der Waals surface area contributed by atoms with Gasteiger partial charge in [0.05, 0.1) is 3.57 Å². The van der Waals surface area contributed by atoms with E-state index < -0.39 is 7.29 Å². The van der Waals surface area contributed by atoms with E-state index in [-0.39, 0.29) is 0 Å². The van der Waals surface area contributed by atoms with Crippen molar-refractivity contribution in [2.45, 2.75) is 0 Å². The van der Waals surface area contributed by atoms with Crippen molar-refractivity contribution < 1.29 is 12.6 Å². The van der Waals surface area contributed by atoms with Gasteiger partial charge in [0.2, 0.25) is 0 Å². The van der Waals surface area contributed by atoms with Crippen LogP contribution in [0.15, 0.2) is 24.3 Å². The van der Waals surface area contributed by atoms with E-state index in [1.165, 1.54) is 21.2 Å². The van der Waals surface area contributed by atoms with E-state index in [0.717, 1.165) is 3.57 Å². The van der Waals surface area contributed by atoms with Gasteiger partial charge in [0.25, 0.3) is 0 Å². The first kappa shape index (κ1) is 10.5. The minimum Gasteiger partial charge on any atom is -0.374 e. The molecule has 6 heteroatoms. The fraction of sp³-hybridized carbons (Fsp3) is 0. The molecule has 0 amide bonds. The summed E-state index contributed by atoms with van der Waals surface area (Å²) in [6.45, 7) is 0. The van der Waals surface area contributed by atoms with Crippen LogP contribution >= 0.6 is 43.8 Å². The number of hydrogen-bond acceptors (Lipinski definition) is 3. The third-order valence-corrected chi connectivity index (χ3v) is 2.84. The van der Waals surface area contributed by atoms with Crippen molar-refractivity contribution in [2.24, 2.45) is 0 Å². The summed E-state index contributed by atoms with van der Waals surface area (Å²) in [5.74, 6) is 0.368. The zero-order valence-corrected chi connectivity index (χ0v) is 10.8. The highest BCUT2D eigenvalue weighted by Gasteiger charge is 2.08. The van der Waals surface area contributed by atoms with E-state index in [9.17, 15) is 8.42 Å². The Morgan fingerprint density at radius 3 is 2.33 bits per heavy atom. The van der Waals surface area contributed by atoms with Gasteiger partial charge < -0.3 is 4.18 Å². The van der Waals surface area contributed by atoms with Gasteiger partial charge in [0.1, 0.15) is 21.2 Å². The summed E-state index contributed by atoms with van der Waals surface area (Å²) in [5, 5.41) is 0. The minimum atomic E-state index is -3.43. The fourth-order valence-electron chi connectivity index (χ4n) is 0.620. The van der Waals surface area contributed by atoms with Gasteiger partial charge in [-0.05, 0) is 34.7 Å². The maximum Gasteiger partial charge on any atom is 0.364 e. The molecule has 12 heavy (non-hydrogen) atoms. The average Bonchev–Trinajstić information content (AvgIpc) is 1.91. The summed E-state index contributed by atoms with van der Waals surface area (Å²) in [7, 11) is -3.43. The molecule has 0 atom stereocenters. The lowest BCUT2D eigenvalue weighted by molar-refractivity contribution is 0.506. The second-order valence-electron chi connectivity index (χ2n) is 1.91.